The highest BCUT2D eigenvalue weighted by atomic mass is 16.4. The zero-order valence-corrected chi connectivity index (χ0v) is 5.70. The van der Waals surface area contributed by atoms with Crippen molar-refractivity contribution in [2.24, 2.45) is 5.92 Å². The number of carbonyl (C=O) groups is 3. The summed E-state index contributed by atoms with van der Waals surface area (Å²) < 4.78 is 0. The summed E-state index contributed by atoms with van der Waals surface area (Å²) in [4.78, 5) is 30.8. The fraction of sp³-hybridized carbons (Fsp3) is 0.333. The van der Waals surface area contributed by atoms with Gasteiger partial charge in [-0.1, -0.05) is 0 Å². The van der Waals surface area contributed by atoms with Gasteiger partial charge >= 0.3 is 5.97 Å². The van der Waals surface area contributed by atoms with E-state index < -0.39 is 23.5 Å². The number of carboxylic acids is 1. The zero-order chi connectivity index (χ0) is 9.02. The monoisotopic (exact) mass is 155 g/mol. The van der Waals surface area contributed by atoms with E-state index in [-0.39, 0.29) is 0 Å². The first kappa shape index (κ1) is 9.30. The summed E-state index contributed by atoms with van der Waals surface area (Å²) in [5.74, 6) is -5.54. The molecule has 0 aliphatic heterocycles. The second-order valence-corrected chi connectivity index (χ2v) is 1.84. The number of Topliss-reactive ketones (excluding diaryl/α,β-unsaturated/α-hetero) is 2. The first-order valence-electron chi connectivity index (χ1n) is 2.68. The second kappa shape index (κ2) is 3.46. The van der Waals surface area contributed by atoms with Crippen molar-refractivity contribution in [1.29, 1.82) is 5.26 Å². The van der Waals surface area contributed by atoms with Crippen molar-refractivity contribution in [1.82, 2.24) is 0 Å². The van der Waals surface area contributed by atoms with Crippen molar-refractivity contribution >= 4 is 17.5 Å². The SMILES string of the molecule is CC(=O)C(C#N)C(=O)C(=O)O. The first-order chi connectivity index (χ1) is 5.00. The summed E-state index contributed by atoms with van der Waals surface area (Å²) in [6, 6.07) is 1.30. The molecule has 5 nitrogen and oxygen atoms in total. The van der Waals surface area contributed by atoms with Gasteiger partial charge in [0.05, 0.1) is 6.07 Å². The van der Waals surface area contributed by atoms with E-state index in [0.29, 0.717) is 0 Å². The van der Waals surface area contributed by atoms with Crippen LogP contribution in [0.25, 0.3) is 0 Å². The number of nitriles is 1. The van der Waals surface area contributed by atoms with E-state index in [1.807, 2.05) is 0 Å². The maximum Gasteiger partial charge on any atom is 0.374 e. The van der Waals surface area contributed by atoms with Crippen LogP contribution in [0.5, 0.6) is 0 Å². The summed E-state index contributed by atoms with van der Waals surface area (Å²) in [6.07, 6.45) is 0. The molecule has 1 atom stereocenters. The molecule has 0 heterocycles. The maximum atomic E-state index is 10.5. The van der Waals surface area contributed by atoms with Gasteiger partial charge in [-0.05, 0) is 6.92 Å². The Hall–Kier alpha value is -1.70. The van der Waals surface area contributed by atoms with Gasteiger partial charge in [0.1, 0.15) is 0 Å². The standard InChI is InChI=1S/C6H5NO4/c1-3(8)4(2-7)5(9)6(10)11/h4H,1H3,(H,10,11). The Kier molecular flexibility index (Phi) is 2.93. The summed E-state index contributed by atoms with van der Waals surface area (Å²) in [5.41, 5.74) is 0. The van der Waals surface area contributed by atoms with E-state index in [9.17, 15) is 14.4 Å². The van der Waals surface area contributed by atoms with Gasteiger partial charge in [-0.2, -0.15) is 5.26 Å². The predicted molar refractivity (Wildman–Crippen MR) is 32.4 cm³/mol. The van der Waals surface area contributed by atoms with Gasteiger partial charge in [0.25, 0.3) is 5.78 Å². The molecule has 5 heteroatoms. The van der Waals surface area contributed by atoms with Gasteiger partial charge in [0.2, 0.25) is 0 Å². The molecular formula is C6H5NO4. The van der Waals surface area contributed by atoms with Crippen LogP contribution in [0.2, 0.25) is 0 Å². The Morgan fingerprint density at radius 3 is 2.00 bits per heavy atom. The Bertz CT molecular complexity index is 250. The average molecular weight is 155 g/mol. The van der Waals surface area contributed by atoms with E-state index in [2.05, 4.69) is 0 Å². The minimum atomic E-state index is -1.76. The van der Waals surface area contributed by atoms with Crippen LogP contribution >= 0.6 is 0 Å². The lowest BCUT2D eigenvalue weighted by Crippen LogP contribution is -2.27. The van der Waals surface area contributed by atoms with Crippen molar-refractivity contribution in [2.45, 2.75) is 6.92 Å². The van der Waals surface area contributed by atoms with Crippen molar-refractivity contribution in [3.63, 3.8) is 0 Å². The van der Waals surface area contributed by atoms with Crippen LogP contribution in [-0.2, 0) is 14.4 Å². The number of carboxylic acid groups (broad SMARTS) is 1. The quantitative estimate of drug-likeness (QED) is 0.432. The van der Waals surface area contributed by atoms with Gasteiger partial charge in [-0.25, -0.2) is 4.79 Å². The lowest BCUT2D eigenvalue weighted by atomic mass is 10.0. The van der Waals surface area contributed by atoms with Crippen LogP contribution in [0.4, 0.5) is 0 Å². The summed E-state index contributed by atoms with van der Waals surface area (Å²) in [6.45, 7) is 0.995. The Morgan fingerprint density at radius 1 is 1.45 bits per heavy atom. The number of hydrogen-bond donors (Lipinski definition) is 1. The van der Waals surface area contributed by atoms with E-state index in [1.54, 1.807) is 0 Å². The van der Waals surface area contributed by atoms with Crippen LogP contribution in [0.3, 0.4) is 0 Å². The summed E-state index contributed by atoms with van der Waals surface area (Å²) >= 11 is 0. The van der Waals surface area contributed by atoms with Crippen LogP contribution in [0.15, 0.2) is 0 Å². The highest BCUT2D eigenvalue weighted by Crippen LogP contribution is 1.97. The molecular weight excluding hydrogens is 150 g/mol. The molecule has 0 saturated carbocycles. The van der Waals surface area contributed by atoms with Crippen LogP contribution in [-0.4, -0.2) is 22.6 Å². The molecule has 0 aliphatic rings. The molecule has 0 rings (SSSR count). The fourth-order valence-corrected chi connectivity index (χ4v) is 0.458. The van der Waals surface area contributed by atoms with Crippen molar-refractivity contribution < 1.29 is 19.5 Å². The molecule has 0 bridgehead atoms. The lowest BCUT2D eigenvalue weighted by molar-refractivity contribution is -0.151. The third kappa shape index (κ3) is 2.18. The number of aliphatic carboxylic acids is 1. The van der Waals surface area contributed by atoms with E-state index in [1.165, 1.54) is 6.07 Å². The van der Waals surface area contributed by atoms with Crippen molar-refractivity contribution in [2.75, 3.05) is 0 Å². The molecule has 0 aromatic rings. The Balaban J connectivity index is 4.56. The number of rotatable bonds is 3. The maximum absolute atomic E-state index is 10.5. The molecule has 0 saturated heterocycles. The minimum absolute atomic E-state index is 0.750. The molecule has 0 amide bonds. The first-order valence-corrected chi connectivity index (χ1v) is 2.68. The normalized spacial score (nSPS) is 11.3. The molecule has 1 N–H and O–H groups in total. The predicted octanol–water partition coefficient (Wildman–Crippen LogP) is -0.631. The molecule has 0 aromatic carbocycles. The average Bonchev–Trinajstić information content (AvgIpc) is 1.88. The molecule has 0 fully saturated rings. The Morgan fingerprint density at radius 2 is 1.91 bits per heavy atom. The highest BCUT2D eigenvalue weighted by molar-refractivity contribution is 6.38. The number of nitrogens with zero attached hydrogens (tertiary/aromatic N) is 1. The highest BCUT2D eigenvalue weighted by Gasteiger charge is 2.28. The molecule has 1 unspecified atom stereocenters. The van der Waals surface area contributed by atoms with Crippen LogP contribution in [0, 0.1) is 17.2 Å². The smallest absolute Gasteiger partial charge is 0.374 e. The van der Waals surface area contributed by atoms with Gasteiger partial charge in [0, 0.05) is 0 Å². The second-order valence-electron chi connectivity index (χ2n) is 1.84. The Labute approximate surface area is 62.2 Å². The molecule has 0 radical (unpaired) electrons. The van der Waals surface area contributed by atoms with E-state index >= 15 is 0 Å². The largest absolute Gasteiger partial charge is 0.475 e. The van der Waals surface area contributed by atoms with Crippen LogP contribution < -0.4 is 0 Å². The topological polar surface area (TPSA) is 95.2 Å². The fourth-order valence-electron chi connectivity index (χ4n) is 0.458. The zero-order valence-electron chi connectivity index (χ0n) is 5.70. The van der Waals surface area contributed by atoms with Gasteiger partial charge in [-0.3, -0.25) is 9.59 Å². The van der Waals surface area contributed by atoms with Gasteiger partial charge < -0.3 is 5.11 Å². The van der Waals surface area contributed by atoms with Crippen molar-refractivity contribution in [3.8, 4) is 6.07 Å². The van der Waals surface area contributed by atoms with E-state index in [0.717, 1.165) is 6.92 Å². The molecule has 0 aliphatic carbocycles. The van der Waals surface area contributed by atoms with Gasteiger partial charge in [-0.15, -0.1) is 0 Å². The van der Waals surface area contributed by atoms with Crippen molar-refractivity contribution in [3.05, 3.63) is 0 Å². The number of carbonyl (C=O) groups excluding carboxylic acids is 2. The molecule has 11 heavy (non-hydrogen) atoms. The number of hydrogen-bond acceptors (Lipinski definition) is 4. The van der Waals surface area contributed by atoms with E-state index in [4.69, 9.17) is 10.4 Å². The number of ketones is 2. The lowest BCUT2D eigenvalue weighted by Gasteiger charge is -1.96. The third-order valence-corrected chi connectivity index (χ3v) is 1.01. The molecule has 0 aromatic heterocycles. The van der Waals surface area contributed by atoms with Gasteiger partial charge in [0.15, 0.2) is 11.7 Å². The minimum Gasteiger partial charge on any atom is -0.475 e. The molecule has 0 spiro atoms. The third-order valence-electron chi connectivity index (χ3n) is 1.01. The summed E-state index contributed by atoms with van der Waals surface area (Å²) in [7, 11) is 0. The molecule has 58 valence electrons. The summed E-state index contributed by atoms with van der Waals surface area (Å²) in [5, 5.41) is 16.2. The van der Waals surface area contributed by atoms with Crippen LogP contribution in [0.1, 0.15) is 6.92 Å².